The van der Waals surface area contributed by atoms with Gasteiger partial charge in [-0.15, -0.1) is 0 Å². The smallest absolute Gasteiger partial charge is 0.274 e. The molecule has 7 heteroatoms. The van der Waals surface area contributed by atoms with E-state index in [4.69, 9.17) is 16.6 Å². The van der Waals surface area contributed by atoms with Gasteiger partial charge in [-0.3, -0.25) is 14.5 Å². The number of benzene rings is 1. The van der Waals surface area contributed by atoms with Crippen molar-refractivity contribution in [2.24, 2.45) is 0 Å². The summed E-state index contributed by atoms with van der Waals surface area (Å²) in [4.78, 5) is 32.7. The van der Waals surface area contributed by atoms with Crippen LogP contribution in [0.25, 0.3) is 0 Å². The van der Waals surface area contributed by atoms with Crippen LogP contribution in [0, 0.1) is 6.92 Å². The standard InChI is InChI=1S/C29H29ClN4O2/c1-6-10-21(8-3)31-27-18-24(35)17-25-19(5)16-26(29(36)32-22-14-12-20(30)13-15-22)33-28(25)34(27)23(9-4)11-7-2/h6-16,18,31H,1,3,17H2,2,4-5H3,(H,32,36)/b11-7-,21-10+,23-9+. The maximum Gasteiger partial charge on any atom is 0.274 e. The number of carbonyl (C=O) groups is 2. The number of aryl methyl sites for hydroxylation is 1. The van der Waals surface area contributed by atoms with Gasteiger partial charge in [0, 0.05) is 40.2 Å². The van der Waals surface area contributed by atoms with Crippen molar-refractivity contribution in [1.82, 2.24) is 10.3 Å². The van der Waals surface area contributed by atoms with E-state index in [-0.39, 0.29) is 23.8 Å². The zero-order valence-electron chi connectivity index (χ0n) is 20.6. The van der Waals surface area contributed by atoms with E-state index >= 15 is 0 Å². The first kappa shape index (κ1) is 26.4. The highest BCUT2D eigenvalue weighted by Gasteiger charge is 2.28. The third kappa shape index (κ3) is 6.09. The second-order valence-corrected chi connectivity index (χ2v) is 8.43. The summed E-state index contributed by atoms with van der Waals surface area (Å²) in [5.74, 6) is 0.514. The van der Waals surface area contributed by atoms with Gasteiger partial charge in [0.25, 0.3) is 5.91 Å². The topological polar surface area (TPSA) is 74.3 Å². The van der Waals surface area contributed by atoms with Crippen molar-refractivity contribution in [3.05, 3.63) is 125 Å². The highest BCUT2D eigenvalue weighted by molar-refractivity contribution is 6.30. The molecule has 0 radical (unpaired) electrons. The monoisotopic (exact) mass is 500 g/mol. The number of halogens is 1. The van der Waals surface area contributed by atoms with Crippen LogP contribution in [-0.2, 0) is 11.2 Å². The predicted octanol–water partition coefficient (Wildman–Crippen LogP) is 6.39. The van der Waals surface area contributed by atoms with Gasteiger partial charge in [-0.1, -0.05) is 43.0 Å². The lowest BCUT2D eigenvalue weighted by Crippen LogP contribution is -2.32. The van der Waals surface area contributed by atoms with Gasteiger partial charge in [-0.2, -0.15) is 0 Å². The van der Waals surface area contributed by atoms with E-state index in [2.05, 4.69) is 23.8 Å². The van der Waals surface area contributed by atoms with Crippen LogP contribution in [0.1, 0.15) is 35.5 Å². The first-order chi connectivity index (χ1) is 17.3. The molecule has 1 aliphatic heterocycles. The Morgan fingerprint density at radius 2 is 1.89 bits per heavy atom. The molecule has 0 fully saturated rings. The molecule has 0 spiro atoms. The van der Waals surface area contributed by atoms with Crippen LogP contribution in [0.2, 0.25) is 5.02 Å². The molecule has 2 N–H and O–H groups in total. The van der Waals surface area contributed by atoms with Gasteiger partial charge in [0.2, 0.25) is 0 Å². The number of carbonyl (C=O) groups excluding carboxylic acids is 2. The molecule has 0 atom stereocenters. The fourth-order valence-corrected chi connectivity index (χ4v) is 3.87. The summed E-state index contributed by atoms with van der Waals surface area (Å²) < 4.78 is 0. The summed E-state index contributed by atoms with van der Waals surface area (Å²) in [6, 6.07) is 8.54. The number of ketones is 1. The van der Waals surface area contributed by atoms with E-state index in [1.807, 2.05) is 43.9 Å². The number of nitrogens with zero attached hydrogens (tertiary/aromatic N) is 2. The minimum absolute atomic E-state index is 0.0949. The lowest BCUT2D eigenvalue weighted by Gasteiger charge is -2.29. The van der Waals surface area contributed by atoms with Crippen molar-refractivity contribution < 1.29 is 9.59 Å². The zero-order chi connectivity index (χ0) is 26.2. The molecular formula is C29H29ClN4O2. The van der Waals surface area contributed by atoms with Crippen LogP contribution in [0.5, 0.6) is 0 Å². The highest BCUT2D eigenvalue weighted by Crippen LogP contribution is 2.32. The maximum atomic E-state index is 13.2. The van der Waals surface area contributed by atoms with Gasteiger partial charge in [0.15, 0.2) is 5.78 Å². The quantitative estimate of drug-likeness (QED) is 0.410. The van der Waals surface area contributed by atoms with Crippen LogP contribution < -0.4 is 15.5 Å². The average molecular weight is 501 g/mol. The molecule has 1 aromatic heterocycles. The zero-order valence-corrected chi connectivity index (χ0v) is 21.4. The Bertz CT molecular complexity index is 1320. The molecule has 0 unspecified atom stereocenters. The fraction of sp³-hybridized carbons (Fsp3) is 0.138. The van der Waals surface area contributed by atoms with Crippen LogP contribution in [0.15, 0.2) is 103 Å². The summed E-state index contributed by atoms with van der Waals surface area (Å²) in [5, 5.41) is 6.70. The van der Waals surface area contributed by atoms with Crippen molar-refractivity contribution in [2.75, 3.05) is 10.2 Å². The van der Waals surface area contributed by atoms with E-state index in [0.717, 1.165) is 16.8 Å². The Labute approximate surface area is 217 Å². The molecule has 2 heterocycles. The van der Waals surface area contributed by atoms with Crippen LogP contribution in [-0.4, -0.2) is 16.7 Å². The third-order valence-electron chi connectivity index (χ3n) is 5.44. The summed E-state index contributed by atoms with van der Waals surface area (Å²) in [6.07, 6.45) is 12.4. The number of nitrogens with one attached hydrogen (secondary N) is 2. The highest BCUT2D eigenvalue weighted by atomic mass is 35.5. The third-order valence-corrected chi connectivity index (χ3v) is 5.69. The SMILES string of the molecule is C=C/C=C(\C=C)NC1=CC(=O)Cc2c(C)cc(C(=O)Nc3ccc(Cl)cc3)nc2N1C(/C=C\C)=C/C. The van der Waals surface area contributed by atoms with Crippen molar-refractivity contribution in [2.45, 2.75) is 27.2 Å². The Kier molecular flexibility index (Phi) is 8.81. The molecule has 1 aromatic carbocycles. The number of hydrogen-bond donors (Lipinski definition) is 2. The number of allylic oxidation sites excluding steroid dienone is 7. The second-order valence-electron chi connectivity index (χ2n) is 8.00. The molecule has 1 aliphatic rings. The van der Waals surface area contributed by atoms with Crippen LogP contribution in [0.4, 0.5) is 11.5 Å². The molecule has 6 nitrogen and oxygen atoms in total. The molecule has 0 bridgehead atoms. The van der Waals surface area contributed by atoms with E-state index in [9.17, 15) is 9.59 Å². The molecule has 2 aromatic rings. The van der Waals surface area contributed by atoms with Gasteiger partial charge in [0.05, 0.1) is 0 Å². The minimum Gasteiger partial charge on any atom is -0.341 e. The van der Waals surface area contributed by atoms with Crippen molar-refractivity contribution in [1.29, 1.82) is 0 Å². The summed E-state index contributed by atoms with van der Waals surface area (Å²) >= 11 is 5.96. The molecule has 36 heavy (non-hydrogen) atoms. The van der Waals surface area contributed by atoms with Crippen molar-refractivity contribution in [3.8, 4) is 0 Å². The largest absolute Gasteiger partial charge is 0.341 e. The number of pyridine rings is 1. The van der Waals surface area contributed by atoms with Crippen LogP contribution >= 0.6 is 11.6 Å². The van der Waals surface area contributed by atoms with Gasteiger partial charge >= 0.3 is 0 Å². The van der Waals surface area contributed by atoms with Crippen molar-refractivity contribution >= 4 is 34.8 Å². The minimum atomic E-state index is -0.372. The van der Waals surface area contributed by atoms with E-state index in [1.54, 1.807) is 54.6 Å². The molecule has 0 aliphatic carbocycles. The molecule has 0 saturated carbocycles. The summed E-state index contributed by atoms with van der Waals surface area (Å²) in [5.41, 5.74) is 3.78. The van der Waals surface area contributed by atoms with E-state index in [1.165, 1.54) is 0 Å². The number of amides is 1. The Morgan fingerprint density at radius 1 is 1.17 bits per heavy atom. The van der Waals surface area contributed by atoms with E-state index in [0.29, 0.717) is 28.0 Å². The van der Waals surface area contributed by atoms with E-state index < -0.39 is 0 Å². The van der Waals surface area contributed by atoms with Gasteiger partial charge in [-0.25, -0.2) is 4.98 Å². The fourth-order valence-electron chi connectivity index (χ4n) is 3.75. The van der Waals surface area contributed by atoms with Gasteiger partial charge in [-0.05, 0) is 74.9 Å². The lowest BCUT2D eigenvalue weighted by atomic mass is 10.0. The Morgan fingerprint density at radius 3 is 2.50 bits per heavy atom. The van der Waals surface area contributed by atoms with Gasteiger partial charge in [0.1, 0.15) is 17.3 Å². The summed E-state index contributed by atoms with van der Waals surface area (Å²) in [6.45, 7) is 13.3. The molecule has 0 saturated heterocycles. The molecule has 3 rings (SSSR count). The average Bonchev–Trinajstić information content (AvgIpc) is 2.99. The first-order valence-electron chi connectivity index (χ1n) is 11.4. The lowest BCUT2D eigenvalue weighted by molar-refractivity contribution is -0.114. The number of fused-ring (bicyclic) bond motifs is 1. The van der Waals surface area contributed by atoms with Crippen molar-refractivity contribution in [3.63, 3.8) is 0 Å². The molecule has 1 amide bonds. The van der Waals surface area contributed by atoms with Gasteiger partial charge < -0.3 is 10.6 Å². The number of aromatic nitrogens is 1. The number of rotatable bonds is 8. The number of hydrogen-bond acceptors (Lipinski definition) is 5. The normalized spacial score (nSPS) is 14.2. The summed E-state index contributed by atoms with van der Waals surface area (Å²) in [7, 11) is 0. The molecule has 184 valence electrons. The Hall–Kier alpha value is -4.16. The molecular weight excluding hydrogens is 472 g/mol. The Balaban J connectivity index is 2.17. The predicted molar refractivity (Wildman–Crippen MR) is 148 cm³/mol. The van der Waals surface area contributed by atoms with Crippen LogP contribution in [0.3, 0.4) is 0 Å². The second kappa shape index (κ2) is 12.0. The number of anilines is 2. The maximum absolute atomic E-state index is 13.2. The first-order valence-corrected chi connectivity index (χ1v) is 11.8.